The number of carbonyl (C=O) groups excluding carboxylic acids is 1. The molecule has 1 aliphatic heterocycles. The van der Waals surface area contributed by atoms with E-state index in [-0.39, 0.29) is 5.97 Å². The highest BCUT2D eigenvalue weighted by Crippen LogP contribution is 2.14. The second-order valence-corrected chi connectivity index (χ2v) is 4.20. The average Bonchev–Trinajstić information content (AvgIpc) is 2.52. The minimum atomic E-state index is -0.0625. The summed E-state index contributed by atoms with van der Waals surface area (Å²) in [5, 5.41) is 0. The Morgan fingerprint density at radius 2 is 2.36 bits per heavy atom. The van der Waals surface area contributed by atoms with Crippen LogP contribution in [0.5, 0.6) is 0 Å². The summed E-state index contributed by atoms with van der Waals surface area (Å²) in [6, 6.07) is 0. The van der Waals surface area contributed by atoms with Crippen LogP contribution in [0.4, 0.5) is 0 Å². The molecule has 1 fully saturated rings. The molecule has 1 aliphatic rings. The van der Waals surface area contributed by atoms with E-state index < -0.39 is 0 Å². The van der Waals surface area contributed by atoms with Gasteiger partial charge in [0.15, 0.2) is 0 Å². The van der Waals surface area contributed by atoms with Crippen LogP contribution in [0.3, 0.4) is 0 Å². The monoisotopic (exact) mass is 199 g/mol. The second-order valence-electron chi connectivity index (χ2n) is 4.20. The molecule has 0 aliphatic carbocycles. The molecule has 0 radical (unpaired) electrons. The molecule has 1 unspecified atom stereocenters. The zero-order chi connectivity index (χ0) is 10.4. The molecule has 1 heterocycles. The number of esters is 1. The van der Waals surface area contributed by atoms with Crippen molar-refractivity contribution in [1.29, 1.82) is 0 Å². The molecule has 1 rings (SSSR count). The topological polar surface area (TPSA) is 29.5 Å². The number of nitrogens with zero attached hydrogens (tertiary/aromatic N) is 1. The second kappa shape index (κ2) is 6.02. The average molecular weight is 199 g/mol. The molecule has 1 saturated heterocycles. The summed E-state index contributed by atoms with van der Waals surface area (Å²) in [7, 11) is 0. The number of hydrogen-bond donors (Lipinski definition) is 0. The number of ether oxygens (including phenoxy) is 1. The van der Waals surface area contributed by atoms with E-state index in [1.165, 1.54) is 6.42 Å². The molecule has 3 nitrogen and oxygen atoms in total. The molecule has 14 heavy (non-hydrogen) atoms. The van der Waals surface area contributed by atoms with Gasteiger partial charge >= 0.3 is 5.97 Å². The maximum absolute atomic E-state index is 11.3. The summed E-state index contributed by atoms with van der Waals surface area (Å²) in [5.74, 6) is 0.672. The van der Waals surface area contributed by atoms with E-state index in [0.717, 1.165) is 31.8 Å². The minimum absolute atomic E-state index is 0.0625. The molecule has 0 aromatic heterocycles. The Morgan fingerprint density at radius 1 is 1.57 bits per heavy atom. The lowest BCUT2D eigenvalue weighted by Gasteiger charge is -2.13. The van der Waals surface area contributed by atoms with Crippen LogP contribution in [0, 0.1) is 5.92 Å². The largest absolute Gasteiger partial charge is 0.465 e. The first-order valence-electron chi connectivity index (χ1n) is 5.60. The van der Waals surface area contributed by atoms with E-state index in [9.17, 15) is 4.79 Å². The van der Waals surface area contributed by atoms with Crippen molar-refractivity contribution in [2.45, 2.75) is 33.1 Å². The van der Waals surface area contributed by atoms with Gasteiger partial charge in [0.1, 0.15) is 0 Å². The lowest BCUT2D eigenvalue weighted by atomic mass is 10.2. The Bertz CT molecular complexity index is 182. The van der Waals surface area contributed by atoms with Gasteiger partial charge in [-0.1, -0.05) is 20.3 Å². The van der Waals surface area contributed by atoms with E-state index in [1.807, 2.05) is 0 Å². The van der Waals surface area contributed by atoms with Crippen LogP contribution in [0.25, 0.3) is 0 Å². The predicted molar refractivity (Wildman–Crippen MR) is 56.1 cm³/mol. The molecule has 1 atom stereocenters. The van der Waals surface area contributed by atoms with Crippen LogP contribution in [0.2, 0.25) is 0 Å². The number of rotatable bonds is 5. The first-order chi connectivity index (χ1) is 6.72. The molecular weight excluding hydrogens is 178 g/mol. The fraction of sp³-hybridized carbons (Fsp3) is 0.909. The van der Waals surface area contributed by atoms with Gasteiger partial charge in [-0.15, -0.1) is 0 Å². The van der Waals surface area contributed by atoms with Gasteiger partial charge in [-0.2, -0.15) is 0 Å². The highest BCUT2D eigenvalue weighted by Gasteiger charge is 2.20. The van der Waals surface area contributed by atoms with Gasteiger partial charge in [0.2, 0.25) is 0 Å². The van der Waals surface area contributed by atoms with Crippen LogP contribution >= 0.6 is 0 Å². The quantitative estimate of drug-likeness (QED) is 0.498. The van der Waals surface area contributed by atoms with Crippen molar-refractivity contribution in [1.82, 2.24) is 4.90 Å². The third-order valence-electron chi connectivity index (χ3n) is 2.62. The van der Waals surface area contributed by atoms with Gasteiger partial charge < -0.3 is 4.74 Å². The molecule has 0 N–H and O–H groups in total. The molecule has 0 spiro atoms. The highest BCUT2D eigenvalue weighted by molar-refractivity contribution is 5.71. The van der Waals surface area contributed by atoms with E-state index >= 15 is 0 Å². The fourth-order valence-electron chi connectivity index (χ4n) is 1.73. The van der Waals surface area contributed by atoms with E-state index in [0.29, 0.717) is 13.2 Å². The normalized spacial score (nSPS) is 22.6. The summed E-state index contributed by atoms with van der Waals surface area (Å²) in [6.45, 7) is 7.47. The zero-order valence-corrected chi connectivity index (χ0v) is 9.29. The van der Waals surface area contributed by atoms with Crippen molar-refractivity contribution in [2.75, 3.05) is 26.2 Å². The van der Waals surface area contributed by atoms with E-state index in [1.54, 1.807) is 0 Å². The van der Waals surface area contributed by atoms with Crippen molar-refractivity contribution in [3.8, 4) is 0 Å². The van der Waals surface area contributed by atoms with Crippen LogP contribution in [0.1, 0.15) is 33.1 Å². The number of unbranched alkanes of at least 4 members (excludes halogenated alkanes) is 1. The van der Waals surface area contributed by atoms with Gasteiger partial charge in [-0.05, 0) is 25.3 Å². The SMILES string of the molecule is CCCCOC(=O)CN1CCC(C)C1. The maximum atomic E-state index is 11.3. The first-order valence-corrected chi connectivity index (χ1v) is 5.60. The molecular formula is C11H21NO2. The number of likely N-dealkylation sites (tertiary alicyclic amines) is 1. The number of hydrogen-bond acceptors (Lipinski definition) is 3. The molecule has 3 heteroatoms. The fourth-order valence-corrected chi connectivity index (χ4v) is 1.73. The van der Waals surface area contributed by atoms with Gasteiger partial charge in [0.05, 0.1) is 13.2 Å². The lowest BCUT2D eigenvalue weighted by Crippen LogP contribution is -2.29. The molecule has 0 saturated carbocycles. The summed E-state index contributed by atoms with van der Waals surface area (Å²) in [4.78, 5) is 13.5. The summed E-state index contributed by atoms with van der Waals surface area (Å²) >= 11 is 0. The summed E-state index contributed by atoms with van der Waals surface area (Å²) in [6.07, 6.45) is 3.26. The Morgan fingerprint density at radius 3 is 2.93 bits per heavy atom. The van der Waals surface area contributed by atoms with Crippen molar-refractivity contribution in [3.05, 3.63) is 0 Å². The van der Waals surface area contributed by atoms with Crippen molar-refractivity contribution < 1.29 is 9.53 Å². The summed E-state index contributed by atoms with van der Waals surface area (Å²) < 4.78 is 5.10. The van der Waals surface area contributed by atoms with Crippen molar-refractivity contribution in [3.63, 3.8) is 0 Å². The van der Waals surface area contributed by atoms with Crippen LogP contribution in [-0.4, -0.2) is 37.1 Å². The van der Waals surface area contributed by atoms with Gasteiger partial charge in [-0.3, -0.25) is 9.69 Å². The molecule has 0 bridgehead atoms. The third-order valence-corrected chi connectivity index (χ3v) is 2.62. The van der Waals surface area contributed by atoms with Crippen molar-refractivity contribution >= 4 is 5.97 Å². The Kier molecular flexibility index (Phi) is 4.94. The third kappa shape index (κ3) is 4.09. The maximum Gasteiger partial charge on any atom is 0.320 e. The Balaban J connectivity index is 2.08. The first kappa shape index (κ1) is 11.5. The predicted octanol–water partition coefficient (Wildman–Crippen LogP) is 1.67. The highest BCUT2D eigenvalue weighted by atomic mass is 16.5. The van der Waals surface area contributed by atoms with Crippen LogP contribution in [-0.2, 0) is 9.53 Å². The molecule has 0 amide bonds. The molecule has 0 aromatic carbocycles. The van der Waals surface area contributed by atoms with Crippen molar-refractivity contribution in [2.24, 2.45) is 5.92 Å². The van der Waals surface area contributed by atoms with E-state index in [2.05, 4.69) is 18.7 Å². The zero-order valence-electron chi connectivity index (χ0n) is 9.29. The van der Waals surface area contributed by atoms with E-state index in [4.69, 9.17) is 4.74 Å². The number of carbonyl (C=O) groups is 1. The standard InChI is InChI=1S/C11H21NO2/c1-3-4-7-14-11(13)9-12-6-5-10(2)8-12/h10H,3-9H2,1-2H3. The summed E-state index contributed by atoms with van der Waals surface area (Å²) in [5.41, 5.74) is 0. The Hall–Kier alpha value is -0.570. The van der Waals surface area contributed by atoms with Gasteiger partial charge in [0.25, 0.3) is 0 Å². The van der Waals surface area contributed by atoms with Crippen LogP contribution < -0.4 is 0 Å². The molecule has 0 aromatic rings. The smallest absolute Gasteiger partial charge is 0.320 e. The lowest BCUT2D eigenvalue weighted by molar-refractivity contribution is -0.144. The minimum Gasteiger partial charge on any atom is -0.465 e. The van der Waals surface area contributed by atoms with Crippen LogP contribution in [0.15, 0.2) is 0 Å². The molecule has 82 valence electrons. The Labute approximate surface area is 86.4 Å². The van der Waals surface area contributed by atoms with Gasteiger partial charge in [0, 0.05) is 6.54 Å². The van der Waals surface area contributed by atoms with Gasteiger partial charge in [-0.25, -0.2) is 0 Å².